The lowest BCUT2D eigenvalue weighted by Crippen LogP contribution is -2.40. The fourth-order valence-corrected chi connectivity index (χ4v) is 3.02. The summed E-state index contributed by atoms with van der Waals surface area (Å²) in [4.78, 5) is 19.0. The molecule has 0 aliphatic carbocycles. The van der Waals surface area contributed by atoms with Crippen molar-refractivity contribution >= 4 is 11.9 Å². The van der Waals surface area contributed by atoms with Crippen molar-refractivity contribution in [2.75, 3.05) is 45.9 Å². The summed E-state index contributed by atoms with van der Waals surface area (Å²) in [6, 6.07) is 1.79. The molecule has 2 N–H and O–H groups in total. The Morgan fingerprint density at radius 1 is 1.42 bits per heavy atom. The molecule has 1 saturated heterocycles. The number of rotatable bonds is 9. The SMILES string of the molecule is CCNC(=NCCCNC(=O)c1occc1C)N1CCC(COCC)C1. The number of carbonyl (C=O) groups is 1. The molecule has 2 heterocycles. The summed E-state index contributed by atoms with van der Waals surface area (Å²) < 4.78 is 10.7. The molecule has 1 fully saturated rings. The third kappa shape index (κ3) is 6.05. The van der Waals surface area contributed by atoms with Crippen LogP contribution in [0.5, 0.6) is 0 Å². The first-order valence-electron chi connectivity index (χ1n) is 9.59. The largest absolute Gasteiger partial charge is 0.459 e. The van der Waals surface area contributed by atoms with E-state index in [1.54, 1.807) is 6.07 Å². The van der Waals surface area contributed by atoms with E-state index in [4.69, 9.17) is 14.1 Å². The maximum Gasteiger partial charge on any atom is 0.287 e. The molecule has 7 heteroatoms. The summed E-state index contributed by atoms with van der Waals surface area (Å²) in [6.45, 7) is 11.7. The van der Waals surface area contributed by atoms with E-state index in [9.17, 15) is 4.79 Å². The van der Waals surface area contributed by atoms with Gasteiger partial charge in [-0.3, -0.25) is 9.79 Å². The molecule has 26 heavy (non-hydrogen) atoms. The van der Waals surface area contributed by atoms with Crippen molar-refractivity contribution in [3.05, 3.63) is 23.7 Å². The van der Waals surface area contributed by atoms with Gasteiger partial charge in [0.05, 0.1) is 12.9 Å². The fourth-order valence-electron chi connectivity index (χ4n) is 3.02. The van der Waals surface area contributed by atoms with E-state index < -0.39 is 0 Å². The number of nitrogens with one attached hydrogen (secondary N) is 2. The number of ether oxygens (including phenoxy) is 1. The van der Waals surface area contributed by atoms with Crippen LogP contribution in [-0.2, 0) is 4.74 Å². The summed E-state index contributed by atoms with van der Waals surface area (Å²) >= 11 is 0. The van der Waals surface area contributed by atoms with Gasteiger partial charge < -0.3 is 24.7 Å². The monoisotopic (exact) mass is 364 g/mol. The minimum atomic E-state index is -0.165. The standard InChI is InChI=1S/C19H32N4O3/c1-4-20-19(23-11-7-16(13-23)14-25-5-2)22-10-6-9-21-18(24)17-15(3)8-12-26-17/h8,12,16H,4-7,9-11,13-14H2,1-3H3,(H,20,22)(H,21,24). The van der Waals surface area contributed by atoms with E-state index in [-0.39, 0.29) is 5.91 Å². The molecule has 2 rings (SSSR count). The van der Waals surface area contributed by atoms with Gasteiger partial charge >= 0.3 is 0 Å². The van der Waals surface area contributed by atoms with Crippen molar-refractivity contribution < 1.29 is 13.9 Å². The predicted molar refractivity (Wildman–Crippen MR) is 103 cm³/mol. The van der Waals surface area contributed by atoms with Gasteiger partial charge in [-0.15, -0.1) is 0 Å². The van der Waals surface area contributed by atoms with E-state index in [0.717, 1.165) is 57.2 Å². The smallest absolute Gasteiger partial charge is 0.287 e. The Bertz CT molecular complexity index is 585. The minimum absolute atomic E-state index is 0.165. The van der Waals surface area contributed by atoms with Crippen molar-refractivity contribution in [1.82, 2.24) is 15.5 Å². The van der Waals surface area contributed by atoms with Gasteiger partial charge in [-0.2, -0.15) is 0 Å². The Balaban J connectivity index is 1.73. The normalized spacial score (nSPS) is 17.6. The van der Waals surface area contributed by atoms with Crippen LogP contribution in [0.25, 0.3) is 0 Å². The van der Waals surface area contributed by atoms with E-state index in [0.29, 0.717) is 24.8 Å². The highest BCUT2D eigenvalue weighted by molar-refractivity contribution is 5.92. The lowest BCUT2D eigenvalue weighted by molar-refractivity contribution is 0.0925. The number of aryl methyl sites for hydroxylation is 1. The lowest BCUT2D eigenvalue weighted by atomic mass is 10.1. The number of nitrogens with zero attached hydrogens (tertiary/aromatic N) is 2. The maximum atomic E-state index is 12.0. The quantitative estimate of drug-likeness (QED) is 0.398. The highest BCUT2D eigenvalue weighted by atomic mass is 16.5. The van der Waals surface area contributed by atoms with Crippen LogP contribution in [0.1, 0.15) is 42.8 Å². The van der Waals surface area contributed by atoms with Crippen LogP contribution in [0.15, 0.2) is 21.7 Å². The lowest BCUT2D eigenvalue weighted by Gasteiger charge is -2.21. The fraction of sp³-hybridized carbons (Fsp3) is 0.684. The van der Waals surface area contributed by atoms with Gasteiger partial charge in [0.25, 0.3) is 5.91 Å². The number of furan rings is 1. The highest BCUT2D eigenvalue weighted by Gasteiger charge is 2.24. The molecule has 1 aliphatic heterocycles. The summed E-state index contributed by atoms with van der Waals surface area (Å²) in [5.41, 5.74) is 0.852. The third-order valence-electron chi connectivity index (χ3n) is 4.43. The summed E-state index contributed by atoms with van der Waals surface area (Å²) in [6.07, 6.45) is 3.46. The number of likely N-dealkylation sites (tertiary alicyclic amines) is 1. The number of amides is 1. The zero-order chi connectivity index (χ0) is 18.8. The Morgan fingerprint density at radius 2 is 2.27 bits per heavy atom. The van der Waals surface area contributed by atoms with Gasteiger partial charge in [0.15, 0.2) is 11.7 Å². The van der Waals surface area contributed by atoms with Crippen molar-refractivity contribution in [2.24, 2.45) is 10.9 Å². The van der Waals surface area contributed by atoms with Gasteiger partial charge in [0, 0.05) is 50.8 Å². The number of carbonyl (C=O) groups excluding carboxylic acids is 1. The molecule has 1 aromatic rings. The van der Waals surface area contributed by atoms with E-state index >= 15 is 0 Å². The molecule has 0 aromatic carbocycles. The number of hydrogen-bond donors (Lipinski definition) is 2. The van der Waals surface area contributed by atoms with E-state index in [1.165, 1.54) is 6.26 Å². The minimum Gasteiger partial charge on any atom is -0.459 e. The molecule has 1 amide bonds. The molecular weight excluding hydrogens is 332 g/mol. The molecule has 1 unspecified atom stereocenters. The molecule has 0 radical (unpaired) electrons. The molecule has 0 spiro atoms. The molecule has 1 aromatic heterocycles. The van der Waals surface area contributed by atoms with E-state index in [1.807, 2.05) is 13.8 Å². The van der Waals surface area contributed by atoms with Crippen molar-refractivity contribution in [1.29, 1.82) is 0 Å². The van der Waals surface area contributed by atoms with Gasteiger partial charge in [0.1, 0.15) is 0 Å². The van der Waals surface area contributed by atoms with Crippen LogP contribution < -0.4 is 10.6 Å². The molecule has 0 bridgehead atoms. The van der Waals surface area contributed by atoms with Gasteiger partial charge in [0.2, 0.25) is 0 Å². The number of aliphatic imine (C=N–C) groups is 1. The Kier molecular flexibility index (Phi) is 8.47. The number of hydrogen-bond acceptors (Lipinski definition) is 4. The molecular formula is C19H32N4O3. The first-order valence-corrected chi connectivity index (χ1v) is 9.59. The molecule has 1 aliphatic rings. The van der Waals surface area contributed by atoms with Gasteiger partial charge in [-0.1, -0.05) is 0 Å². The highest BCUT2D eigenvalue weighted by Crippen LogP contribution is 2.16. The average molecular weight is 364 g/mol. The van der Waals surface area contributed by atoms with Gasteiger partial charge in [-0.25, -0.2) is 0 Å². The molecule has 0 saturated carbocycles. The number of guanidine groups is 1. The first kappa shape index (κ1) is 20.3. The average Bonchev–Trinajstić information content (AvgIpc) is 3.27. The topological polar surface area (TPSA) is 79.1 Å². The molecule has 7 nitrogen and oxygen atoms in total. The predicted octanol–water partition coefficient (Wildman–Crippen LogP) is 2.03. The van der Waals surface area contributed by atoms with Crippen LogP contribution in [0.3, 0.4) is 0 Å². The summed E-state index contributed by atoms with van der Waals surface area (Å²) in [5, 5.41) is 6.24. The van der Waals surface area contributed by atoms with Crippen LogP contribution in [0.4, 0.5) is 0 Å². The summed E-state index contributed by atoms with van der Waals surface area (Å²) in [7, 11) is 0. The van der Waals surface area contributed by atoms with Crippen LogP contribution in [0.2, 0.25) is 0 Å². The van der Waals surface area contributed by atoms with Crippen molar-refractivity contribution in [2.45, 2.75) is 33.6 Å². The first-order chi connectivity index (χ1) is 12.7. The third-order valence-corrected chi connectivity index (χ3v) is 4.43. The Morgan fingerprint density at radius 3 is 2.96 bits per heavy atom. The second-order valence-electron chi connectivity index (χ2n) is 6.54. The van der Waals surface area contributed by atoms with Crippen LogP contribution in [0, 0.1) is 12.8 Å². The Labute approximate surface area is 156 Å². The summed E-state index contributed by atoms with van der Waals surface area (Å²) in [5.74, 6) is 1.76. The molecule has 1 atom stereocenters. The second kappa shape index (κ2) is 10.9. The van der Waals surface area contributed by atoms with Crippen molar-refractivity contribution in [3.63, 3.8) is 0 Å². The van der Waals surface area contributed by atoms with Gasteiger partial charge in [-0.05, 0) is 39.7 Å². The zero-order valence-corrected chi connectivity index (χ0v) is 16.2. The zero-order valence-electron chi connectivity index (χ0n) is 16.2. The van der Waals surface area contributed by atoms with Crippen LogP contribution >= 0.6 is 0 Å². The van der Waals surface area contributed by atoms with Crippen molar-refractivity contribution in [3.8, 4) is 0 Å². The Hall–Kier alpha value is -2.02. The van der Waals surface area contributed by atoms with Crippen LogP contribution in [-0.4, -0.2) is 62.7 Å². The maximum absolute atomic E-state index is 12.0. The molecule has 146 valence electrons. The second-order valence-corrected chi connectivity index (χ2v) is 6.54. The van der Waals surface area contributed by atoms with E-state index in [2.05, 4.69) is 22.5 Å².